The Kier molecular flexibility index (Phi) is 4.13. The molecular weight excluding hydrogens is 286 g/mol. The molecule has 1 aliphatic heterocycles. The minimum absolute atomic E-state index is 0.374. The van der Waals surface area contributed by atoms with Crippen LogP contribution in [0.1, 0.15) is 17.2 Å². The van der Waals surface area contributed by atoms with E-state index in [1.165, 1.54) is 5.56 Å². The molecule has 0 amide bonds. The van der Waals surface area contributed by atoms with Gasteiger partial charge in [-0.05, 0) is 30.4 Å². The number of hydrogen-bond donors (Lipinski definition) is 2. The highest BCUT2D eigenvalue weighted by atomic mass is 32.2. The standard InChI is InChI=1S/C16H17NOS2/c1-19-16-9-12-15(10-13(16)18)20-14(7-8-17-12)11-5-3-2-4-6-11/h2-6,9-10,14,17-18H,7-8H2,1H3. The van der Waals surface area contributed by atoms with Gasteiger partial charge in [0.1, 0.15) is 5.75 Å². The monoisotopic (exact) mass is 303 g/mol. The van der Waals surface area contributed by atoms with Gasteiger partial charge in [-0.2, -0.15) is 0 Å². The van der Waals surface area contributed by atoms with Crippen molar-refractivity contribution in [1.82, 2.24) is 0 Å². The van der Waals surface area contributed by atoms with Crippen molar-refractivity contribution in [1.29, 1.82) is 0 Å². The van der Waals surface area contributed by atoms with Crippen LogP contribution in [0.15, 0.2) is 52.3 Å². The fourth-order valence-corrected chi connectivity index (χ4v) is 4.18. The van der Waals surface area contributed by atoms with E-state index in [1.54, 1.807) is 11.8 Å². The molecule has 2 aromatic rings. The van der Waals surface area contributed by atoms with Gasteiger partial charge in [-0.3, -0.25) is 0 Å². The molecule has 3 rings (SSSR count). The first-order valence-electron chi connectivity index (χ1n) is 6.64. The Morgan fingerprint density at radius 1 is 1.25 bits per heavy atom. The van der Waals surface area contributed by atoms with Gasteiger partial charge in [0.05, 0.1) is 4.90 Å². The maximum absolute atomic E-state index is 10.1. The third-order valence-electron chi connectivity index (χ3n) is 3.44. The molecule has 0 bridgehead atoms. The van der Waals surface area contributed by atoms with Gasteiger partial charge in [-0.25, -0.2) is 0 Å². The average Bonchev–Trinajstić information content (AvgIpc) is 2.69. The van der Waals surface area contributed by atoms with Crippen LogP contribution >= 0.6 is 23.5 Å². The summed E-state index contributed by atoms with van der Waals surface area (Å²) >= 11 is 3.41. The zero-order valence-electron chi connectivity index (χ0n) is 11.3. The number of fused-ring (bicyclic) bond motifs is 1. The van der Waals surface area contributed by atoms with E-state index in [2.05, 4.69) is 35.6 Å². The summed E-state index contributed by atoms with van der Waals surface area (Å²) in [4.78, 5) is 2.06. The van der Waals surface area contributed by atoms with Crippen LogP contribution in [0.4, 0.5) is 5.69 Å². The summed E-state index contributed by atoms with van der Waals surface area (Å²) in [7, 11) is 0. The predicted molar refractivity (Wildman–Crippen MR) is 88.0 cm³/mol. The molecular formula is C16H17NOS2. The Morgan fingerprint density at radius 3 is 2.80 bits per heavy atom. The van der Waals surface area contributed by atoms with Crippen molar-refractivity contribution in [3.63, 3.8) is 0 Å². The van der Waals surface area contributed by atoms with E-state index in [1.807, 2.05) is 30.2 Å². The zero-order valence-corrected chi connectivity index (χ0v) is 12.9. The van der Waals surface area contributed by atoms with Gasteiger partial charge in [-0.15, -0.1) is 23.5 Å². The van der Waals surface area contributed by atoms with Gasteiger partial charge in [0.25, 0.3) is 0 Å². The Bertz CT molecular complexity index is 601. The number of hydrogen-bond acceptors (Lipinski definition) is 4. The Balaban J connectivity index is 1.93. The number of thioether (sulfide) groups is 2. The molecule has 4 heteroatoms. The van der Waals surface area contributed by atoms with Crippen LogP contribution in [0, 0.1) is 0 Å². The molecule has 2 N–H and O–H groups in total. The van der Waals surface area contributed by atoms with Crippen molar-refractivity contribution in [2.45, 2.75) is 21.5 Å². The smallest absolute Gasteiger partial charge is 0.130 e. The molecule has 0 aromatic heterocycles. The second kappa shape index (κ2) is 6.02. The topological polar surface area (TPSA) is 32.3 Å². The third kappa shape index (κ3) is 2.76. The van der Waals surface area contributed by atoms with Crippen molar-refractivity contribution in [2.24, 2.45) is 0 Å². The first-order chi connectivity index (χ1) is 9.78. The van der Waals surface area contributed by atoms with Crippen molar-refractivity contribution in [3.8, 4) is 5.75 Å². The van der Waals surface area contributed by atoms with Crippen molar-refractivity contribution >= 4 is 29.2 Å². The first kappa shape index (κ1) is 13.7. The number of anilines is 1. The number of nitrogens with one attached hydrogen (secondary N) is 1. The lowest BCUT2D eigenvalue weighted by molar-refractivity contribution is 0.461. The molecule has 2 aromatic carbocycles. The number of benzene rings is 2. The summed E-state index contributed by atoms with van der Waals surface area (Å²) in [5.74, 6) is 0.374. The minimum atomic E-state index is 0.374. The molecule has 1 aliphatic rings. The summed E-state index contributed by atoms with van der Waals surface area (Å²) in [6.07, 6.45) is 3.07. The largest absolute Gasteiger partial charge is 0.507 e. The summed E-state index contributed by atoms with van der Waals surface area (Å²) in [6.45, 7) is 0.957. The van der Waals surface area contributed by atoms with Gasteiger partial charge in [0, 0.05) is 22.4 Å². The number of phenolic OH excluding ortho intramolecular Hbond substituents is 1. The van der Waals surface area contributed by atoms with Crippen LogP contribution in [0.2, 0.25) is 0 Å². The minimum Gasteiger partial charge on any atom is -0.507 e. The molecule has 0 spiro atoms. The molecule has 0 radical (unpaired) electrons. The first-order valence-corrected chi connectivity index (χ1v) is 8.75. The van der Waals surface area contributed by atoms with E-state index < -0.39 is 0 Å². The average molecular weight is 303 g/mol. The predicted octanol–water partition coefficient (Wildman–Crippen LogP) is 4.76. The van der Waals surface area contributed by atoms with Crippen molar-refractivity contribution < 1.29 is 5.11 Å². The molecule has 2 nitrogen and oxygen atoms in total. The molecule has 0 saturated heterocycles. The summed E-state index contributed by atoms with van der Waals surface area (Å²) in [6, 6.07) is 14.5. The normalized spacial score (nSPS) is 17.9. The molecule has 0 aliphatic carbocycles. The Morgan fingerprint density at radius 2 is 2.05 bits per heavy atom. The highest BCUT2D eigenvalue weighted by Gasteiger charge is 2.20. The van der Waals surface area contributed by atoms with Gasteiger partial charge in [0.2, 0.25) is 0 Å². The van der Waals surface area contributed by atoms with Crippen LogP contribution < -0.4 is 5.32 Å². The lowest BCUT2D eigenvalue weighted by Crippen LogP contribution is -2.02. The van der Waals surface area contributed by atoms with Gasteiger partial charge < -0.3 is 10.4 Å². The Hall–Kier alpha value is -1.26. The number of aromatic hydroxyl groups is 1. The third-order valence-corrected chi connectivity index (χ3v) is 5.59. The van der Waals surface area contributed by atoms with Crippen LogP contribution in [0.3, 0.4) is 0 Å². The van der Waals surface area contributed by atoms with Crippen LogP contribution in [-0.4, -0.2) is 17.9 Å². The van der Waals surface area contributed by atoms with Gasteiger partial charge in [-0.1, -0.05) is 30.3 Å². The fourth-order valence-electron chi connectivity index (χ4n) is 2.40. The highest BCUT2D eigenvalue weighted by Crippen LogP contribution is 2.46. The van der Waals surface area contributed by atoms with Crippen LogP contribution in [-0.2, 0) is 0 Å². The molecule has 1 heterocycles. The van der Waals surface area contributed by atoms with Crippen molar-refractivity contribution in [3.05, 3.63) is 48.0 Å². The van der Waals surface area contributed by atoms with Gasteiger partial charge >= 0.3 is 0 Å². The second-order valence-corrected chi connectivity index (χ2v) is 6.85. The maximum atomic E-state index is 10.1. The molecule has 0 saturated carbocycles. The second-order valence-electron chi connectivity index (χ2n) is 4.75. The van der Waals surface area contributed by atoms with Crippen molar-refractivity contribution in [2.75, 3.05) is 18.1 Å². The maximum Gasteiger partial charge on any atom is 0.130 e. The highest BCUT2D eigenvalue weighted by molar-refractivity contribution is 7.99. The quantitative estimate of drug-likeness (QED) is 0.618. The SMILES string of the molecule is CSc1cc2c(cc1O)SC(c1ccccc1)CCN2. The van der Waals surface area contributed by atoms with Crippen LogP contribution in [0.25, 0.3) is 0 Å². The van der Waals surface area contributed by atoms with Crippen LogP contribution in [0.5, 0.6) is 5.75 Å². The van der Waals surface area contributed by atoms with E-state index >= 15 is 0 Å². The van der Waals surface area contributed by atoms with E-state index in [0.717, 1.165) is 28.4 Å². The Labute approximate surface area is 128 Å². The molecule has 1 atom stereocenters. The number of phenols is 1. The fraction of sp³-hybridized carbons (Fsp3) is 0.250. The lowest BCUT2D eigenvalue weighted by atomic mass is 10.1. The van der Waals surface area contributed by atoms with E-state index in [-0.39, 0.29) is 0 Å². The summed E-state index contributed by atoms with van der Waals surface area (Å²) in [5.41, 5.74) is 2.48. The number of rotatable bonds is 2. The zero-order chi connectivity index (χ0) is 13.9. The van der Waals surface area contributed by atoms with E-state index in [4.69, 9.17) is 0 Å². The molecule has 1 unspecified atom stereocenters. The van der Waals surface area contributed by atoms with E-state index in [9.17, 15) is 5.11 Å². The van der Waals surface area contributed by atoms with E-state index in [0.29, 0.717) is 11.0 Å². The molecule has 104 valence electrons. The summed E-state index contributed by atoms with van der Waals surface area (Å²) in [5, 5.41) is 14.0. The lowest BCUT2D eigenvalue weighted by Gasteiger charge is -2.14. The summed E-state index contributed by atoms with van der Waals surface area (Å²) < 4.78 is 0. The van der Waals surface area contributed by atoms with Gasteiger partial charge in [0.15, 0.2) is 0 Å². The molecule has 20 heavy (non-hydrogen) atoms. The molecule has 0 fully saturated rings.